The monoisotopic (exact) mass is 301 g/mol. The molecule has 118 valence electrons. The number of piperazine rings is 1. The van der Waals surface area contributed by atoms with Gasteiger partial charge in [-0.25, -0.2) is 14.6 Å². The van der Waals surface area contributed by atoms with Crippen LogP contribution in [0.4, 0.5) is 11.5 Å². The lowest BCUT2D eigenvalue weighted by atomic mass is 10.3. The standard InChI is InChI=1S/C15H23N7/c1-4-20-5-7-21(8-6-20)14-13(16)15(18-10-17-14)22-12(3)9-11(2)19-22/h9-10H,4-8,16H2,1-3H3. The van der Waals surface area contributed by atoms with Crippen LogP contribution in [0.25, 0.3) is 5.82 Å². The highest BCUT2D eigenvalue weighted by Gasteiger charge is 2.21. The fourth-order valence-electron chi connectivity index (χ4n) is 2.92. The number of nitrogen functional groups attached to an aromatic ring is 1. The van der Waals surface area contributed by atoms with E-state index in [0.717, 1.165) is 49.9 Å². The molecule has 3 heterocycles. The molecule has 0 unspecified atom stereocenters. The molecule has 7 nitrogen and oxygen atoms in total. The lowest BCUT2D eigenvalue weighted by Crippen LogP contribution is -2.46. The average molecular weight is 301 g/mol. The maximum Gasteiger partial charge on any atom is 0.182 e. The van der Waals surface area contributed by atoms with Crippen LogP contribution in [-0.4, -0.2) is 57.4 Å². The molecule has 2 N–H and O–H groups in total. The van der Waals surface area contributed by atoms with Gasteiger partial charge in [0.05, 0.1) is 5.69 Å². The zero-order valence-electron chi connectivity index (χ0n) is 13.5. The Bertz CT molecular complexity index is 656. The highest BCUT2D eigenvalue weighted by Crippen LogP contribution is 2.26. The molecule has 7 heteroatoms. The van der Waals surface area contributed by atoms with E-state index in [0.29, 0.717) is 11.5 Å². The minimum Gasteiger partial charge on any atom is -0.393 e. The topological polar surface area (TPSA) is 76.1 Å². The predicted octanol–water partition coefficient (Wildman–Crippen LogP) is 1.00. The Balaban J connectivity index is 1.91. The molecule has 0 saturated carbocycles. The van der Waals surface area contributed by atoms with E-state index in [2.05, 4.69) is 31.8 Å². The van der Waals surface area contributed by atoms with Crippen LogP contribution in [0.1, 0.15) is 18.3 Å². The fourth-order valence-corrected chi connectivity index (χ4v) is 2.92. The molecule has 0 amide bonds. The lowest BCUT2D eigenvalue weighted by Gasteiger charge is -2.35. The lowest BCUT2D eigenvalue weighted by molar-refractivity contribution is 0.270. The molecule has 0 atom stereocenters. The van der Waals surface area contributed by atoms with Crippen molar-refractivity contribution in [3.8, 4) is 5.82 Å². The Morgan fingerprint density at radius 2 is 1.77 bits per heavy atom. The van der Waals surface area contributed by atoms with Gasteiger partial charge in [0.15, 0.2) is 11.6 Å². The Kier molecular flexibility index (Phi) is 3.98. The van der Waals surface area contributed by atoms with E-state index in [1.807, 2.05) is 19.9 Å². The van der Waals surface area contributed by atoms with E-state index >= 15 is 0 Å². The van der Waals surface area contributed by atoms with Gasteiger partial charge in [-0.2, -0.15) is 5.10 Å². The van der Waals surface area contributed by atoms with Crippen molar-refractivity contribution in [2.45, 2.75) is 20.8 Å². The highest BCUT2D eigenvalue weighted by atomic mass is 15.3. The van der Waals surface area contributed by atoms with Gasteiger partial charge in [-0.3, -0.25) is 0 Å². The number of hydrogen-bond donors (Lipinski definition) is 1. The predicted molar refractivity (Wildman–Crippen MR) is 87.4 cm³/mol. The first-order valence-corrected chi connectivity index (χ1v) is 7.71. The summed E-state index contributed by atoms with van der Waals surface area (Å²) in [6.07, 6.45) is 1.57. The average Bonchev–Trinajstić information content (AvgIpc) is 2.86. The molecule has 0 bridgehead atoms. The second-order valence-electron chi connectivity index (χ2n) is 5.69. The van der Waals surface area contributed by atoms with Crippen molar-refractivity contribution in [3.05, 3.63) is 23.8 Å². The third kappa shape index (κ3) is 2.64. The molecular weight excluding hydrogens is 278 g/mol. The third-order valence-corrected chi connectivity index (χ3v) is 4.17. The maximum atomic E-state index is 6.35. The number of rotatable bonds is 3. The van der Waals surface area contributed by atoms with Crippen LogP contribution in [0.3, 0.4) is 0 Å². The smallest absolute Gasteiger partial charge is 0.182 e. The van der Waals surface area contributed by atoms with Crippen molar-refractivity contribution >= 4 is 11.5 Å². The zero-order chi connectivity index (χ0) is 15.7. The summed E-state index contributed by atoms with van der Waals surface area (Å²) >= 11 is 0. The van der Waals surface area contributed by atoms with Crippen molar-refractivity contribution in [2.75, 3.05) is 43.4 Å². The summed E-state index contributed by atoms with van der Waals surface area (Å²) in [4.78, 5) is 13.4. The zero-order valence-corrected chi connectivity index (χ0v) is 13.5. The van der Waals surface area contributed by atoms with Crippen molar-refractivity contribution in [2.24, 2.45) is 0 Å². The molecule has 2 aromatic rings. The Morgan fingerprint density at radius 3 is 2.36 bits per heavy atom. The number of likely N-dealkylation sites (N-methyl/N-ethyl adjacent to an activating group) is 1. The van der Waals surface area contributed by atoms with Gasteiger partial charge in [-0.05, 0) is 26.5 Å². The summed E-state index contributed by atoms with van der Waals surface area (Å²) in [7, 11) is 0. The van der Waals surface area contributed by atoms with Crippen LogP contribution in [-0.2, 0) is 0 Å². The van der Waals surface area contributed by atoms with Gasteiger partial charge in [0.2, 0.25) is 0 Å². The van der Waals surface area contributed by atoms with Crippen molar-refractivity contribution in [1.82, 2.24) is 24.6 Å². The molecule has 0 aliphatic carbocycles. The van der Waals surface area contributed by atoms with E-state index in [1.54, 1.807) is 11.0 Å². The van der Waals surface area contributed by atoms with E-state index in [-0.39, 0.29) is 0 Å². The van der Waals surface area contributed by atoms with Gasteiger partial charge in [-0.1, -0.05) is 6.92 Å². The minimum atomic E-state index is 0.596. The molecule has 1 fully saturated rings. The maximum absolute atomic E-state index is 6.35. The van der Waals surface area contributed by atoms with Gasteiger partial charge in [-0.15, -0.1) is 0 Å². The molecule has 0 spiro atoms. The number of nitrogens with two attached hydrogens (primary N) is 1. The molecule has 0 radical (unpaired) electrons. The minimum absolute atomic E-state index is 0.596. The van der Waals surface area contributed by atoms with Crippen molar-refractivity contribution in [3.63, 3.8) is 0 Å². The molecule has 22 heavy (non-hydrogen) atoms. The Morgan fingerprint density at radius 1 is 1.09 bits per heavy atom. The van der Waals surface area contributed by atoms with Crippen molar-refractivity contribution in [1.29, 1.82) is 0 Å². The van der Waals surface area contributed by atoms with Crippen LogP contribution in [0.2, 0.25) is 0 Å². The second kappa shape index (κ2) is 5.92. The van der Waals surface area contributed by atoms with E-state index in [4.69, 9.17) is 5.73 Å². The number of aromatic nitrogens is 4. The summed E-state index contributed by atoms with van der Waals surface area (Å²) in [5.41, 5.74) is 8.92. The summed E-state index contributed by atoms with van der Waals surface area (Å²) in [5.74, 6) is 1.47. The number of aryl methyl sites for hydroxylation is 2. The van der Waals surface area contributed by atoms with Crippen LogP contribution in [0.5, 0.6) is 0 Å². The number of hydrogen-bond acceptors (Lipinski definition) is 6. The molecule has 1 saturated heterocycles. The molecule has 1 aliphatic heterocycles. The highest BCUT2D eigenvalue weighted by molar-refractivity contribution is 5.70. The van der Waals surface area contributed by atoms with Gasteiger partial charge in [0, 0.05) is 31.9 Å². The van der Waals surface area contributed by atoms with E-state index in [9.17, 15) is 0 Å². The van der Waals surface area contributed by atoms with E-state index < -0.39 is 0 Å². The van der Waals surface area contributed by atoms with Gasteiger partial charge < -0.3 is 15.5 Å². The summed E-state index contributed by atoms with van der Waals surface area (Å²) in [6.45, 7) is 11.2. The van der Waals surface area contributed by atoms with Gasteiger partial charge in [0.25, 0.3) is 0 Å². The van der Waals surface area contributed by atoms with Crippen molar-refractivity contribution < 1.29 is 0 Å². The number of anilines is 2. The fraction of sp³-hybridized carbons (Fsp3) is 0.533. The first-order valence-electron chi connectivity index (χ1n) is 7.71. The normalized spacial score (nSPS) is 16.2. The Hall–Kier alpha value is -2.15. The molecule has 2 aromatic heterocycles. The third-order valence-electron chi connectivity index (χ3n) is 4.17. The summed E-state index contributed by atoms with van der Waals surface area (Å²) < 4.78 is 1.79. The summed E-state index contributed by atoms with van der Waals surface area (Å²) in [6, 6.07) is 2.02. The molecular formula is C15H23N7. The molecule has 0 aromatic carbocycles. The van der Waals surface area contributed by atoms with Crippen LogP contribution in [0.15, 0.2) is 12.4 Å². The van der Waals surface area contributed by atoms with Gasteiger partial charge in [0.1, 0.15) is 12.0 Å². The molecule has 3 rings (SSSR count). The largest absolute Gasteiger partial charge is 0.393 e. The SMILES string of the molecule is CCN1CCN(c2ncnc(-n3nc(C)cc3C)c2N)CC1. The first-order chi connectivity index (χ1) is 10.6. The second-order valence-corrected chi connectivity index (χ2v) is 5.69. The van der Waals surface area contributed by atoms with Crippen LogP contribution < -0.4 is 10.6 Å². The first kappa shape index (κ1) is 14.8. The quantitative estimate of drug-likeness (QED) is 0.911. The molecule has 1 aliphatic rings. The van der Waals surface area contributed by atoms with E-state index in [1.165, 1.54) is 0 Å². The van der Waals surface area contributed by atoms with Gasteiger partial charge >= 0.3 is 0 Å². The Labute approximate surface area is 130 Å². The van der Waals surface area contributed by atoms with Crippen LogP contribution in [0, 0.1) is 13.8 Å². The summed E-state index contributed by atoms with van der Waals surface area (Å²) in [5, 5.41) is 4.47. The number of nitrogens with zero attached hydrogens (tertiary/aromatic N) is 6. The van der Waals surface area contributed by atoms with Crippen LogP contribution >= 0.6 is 0 Å².